The maximum atomic E-state index is 11.6. The lowest BCUT2D eigenvalue weighted by molar-refractivity contribution is -0.124. The summed E-state index contributed by atoms with van der Waals surface area (Å²) in [5.74, 6) is 0.602. The predicted molar refractivity (Wildman–Crippen MR) is 117 cm³/mol. The van der Waals surface area contributed by atoms with Gasteiger partial charge in [-0.1, -0.05) is 54.6 Å². The second-order valence-electron chi connectivity index (χ2n) is 7.60. The molecule has 1 saturated heterocycles. The number of aromatic nitrogens is 3. The van der Waals surface area contributed by atoms with Gasteiger partial charge in [0, 0.05) is 37.6 Å². The van der Waals surface area contributed by atoms with E-state index < -0.39 is 0 Å². The van der Waals surface area contributed by atoms with E-state index in [1.165, 1.54) is 5.56 Å². The highest BCUT2D eigenvalue weighted by molar-refractivity contribution is 5.78. The quantitative estimate of drug-likeness (QED) is 0.526. The van der Waals surface area contributed by atoms with E-state index in [1.54, 1.807) is 6.20 Å². The summed E-state index contributed by atoms with van der Waals surface area (Å²) in [6, 6.07) is 18.4. The standard InChI is InChI=1S/C24H23N5O2/c30-22-16-28(12-10-25-22)15-18-6-8-20(9-7-18)21-14-27-23-24(26-11-13-29(21)23)31-17-19-4-2-1-3-5-19/h1-9,11,13-14H,10,12,15-17H2,(H,25,30). The number of amides is 1. The molecule has 31 heavy (non-hydrogen) atoms. The van der Waals surface area contributed by atoms with E-state index in [2.05, 4.69) is 44.5 Å². The van der Waals surface area contributed by atoms with Gasteiger partial charge < -0.3 is 10.1 Å². The van der Waals surface area contributed by atoms with Gasteiger partial charge in [-0.25, -0.2) is 9.97 Å². The number of nitrogens with one attached hydrogen (secondary N) is 1. The van der Waals surface area contributed by atoms with E-state index in [0.29, 0.717) is 31.2 Å². The minimum Gasteiger partial charge on any atom is -0.470 e. The maximum absolute atomic E-state index is 11.6. The largest absolute Gasteiger partial charge is 0.470 e. The first-order valence-corrected chi connectivity index (χ1v) is 10.3. The molecule has 5 rings (SSSR count). The predicted octanol–water partition coefficient (Wildman–Crippen LogP) is 2.91. The summed E-state index contributed by atoms with van der Waals surface area (Å²) in [4.78, 5) is 22.7. The molecule has 7 heteroatoms. The minimum atomic E-state index is 0.0903. The van der Waals surface area contributed by atoms with Crippen LogP contribution in [0.3, 0.4) is 0 Å². The van der Waals surface area contributed by atoms with Crippen LogP contribution in [0.25, 0.3) is 16.9 Å². The Morgan fingerprint density at radius 3 is 2.65 bits per heavy atom. The third-order valence-electron chi connectivity index (χ3n) is 5.39. The molecule has 0 bridgehead atoms. The van der Waals surface area contributed by atoms with Crippen molar-refractivity contribution in [1.29, 1.82) is 0 Å². The van der Waals surface area contributed by atoms with E-state index in [-0.39, 0.29) is 5.91 Å². The summed E-state index contributed by atoms with van der Waals surface area (Å²) in [5.41, 5.74) is 5.00. The zero-order valence-corrected chi connectivity index (χ0v) is 17.1. The van der Waals surface area contributed by atoms with Crippen LogP contribution in [0.15, 0.2) is 73.2 Å². The molecule has 0 spiro atoms. The number of fused-ring (bicyclic) bond motifs is 1. The fraction of sp³-hybridized carbons (Fsp3) is 0.208. The summed E-state index contributed by atoms with van der Waals surface area (Å²) in [6.07, 6.45) is 5.47. The Morgan fingerprint density at radius 1 is 1.00 bits per heavy atom. The topological polar surface area (TPSA) is 71.8 Å². The fourth-order valence-electron chi connectivity index (χ4n) is 3.80. The van der Waals surface area contributed by atoms with Crippen molar-refractivity contribution in [2.24, 2.45) is 0 Å². The Hall–Kier alpha value is -3.71. The average molecular weight is 413 g/mol. The number of imidazole rings is 1. The smallest absolute Gasteiger partial charge is 0.258 e. The Balaban J connectivity index is 1.33. The number of benzene rings is 2. The van der Waals surface area contributed by atoms with Gasteiger partial charge in [0.2, 0.25) is 11.6 Å². The molecule has 0 unspecified atom stereocenters. The molecule has 1 amide bonds. The molecular weight excluding hydrogens is 390 g/mol. The van der Waals surface area contributed by atoms with Crippen LogP contribution >= 0.6 is 0 Å². The van der Waals surface area contributed by atoms with Crippen molar-refractivity contribution in [1.82, 2.24) is 24.6 Å². The van der Waals surface area contributed by atoms with E-state index in [4.69, 9.17) is 4.74 Å². The molecule has 7 nitrogen and oxygen atoms in total. The molecule has 0 aliphatic carbocycles. The summed E-state index contributed by atoms with van der Waals surface area (Å²) in [6.45, 7) is 3.25. The van der Waals surface area contributed by atoms with Crippen molar-refractivity contribution in [3.8, 4) is 17.1 Å². The van der Waals surface area contributed by atoms with Crippen LogP contribution < -0.4 is 10.1 Å². The van der Waals surface area contributed by atoms with E-state index in [9.17, 15) is 4.79 Å². The first-order valence-electron chi connectivity index (χ1n) is 10.3. The molecule has 0 saturated carbocycles. The van der Waals surface area contributed by atoms with Crippen molar-refractivity contribution in [3.05, 3.63) is 84.3 Å². The third kappa shape index (κ3) is 4.27. The molecule has 3 heterocycles. The lowest BCUT2D eigenvalue weighted by atomic mass is 10.1. The summed E-state index contributed by atoms with van der Waals surface area (Å²) in [5, 5.41) is 2.86. The lowest BCUT2D eigenvalue weighted by Gasteiger charge is -2.26. The Labute approximate surface area is 180 Å². The van der Waals surface area contributed by atoms with E-state index in [1.807, 2.05) is 47.1 Å². The Morgan fingerprint density at radius 2 is 1.84 bits per heavy atom. The van der Waals surface area contributed by atoms with Gasteiger partial charge in [-0.15, -0.1) is 0 Å². The summed E-state index contributed by atoms with van der Waals surface area (Å²) >= 11 is 0. The van der Waals surface area contributed by atoms with Crippen molar-refractivity contribution in [3.63, 3.8) is 0 Å². The normalized spacial score (nSPS) is 14.5. The van der Waals surface area contributed by atoms with Crippen molar-refractivity contribution in [2.75, 3.05) is 19.6 Å². The molecule has 4 aromatic rings. The molecule has 2 aromatic heterocycles. The second-order valence-corrected chi connectivity index (χ2v) is 7.60. The van der Waals surface area contributed by atoms with Gasteiger partial charge >= 0.3 is 0 Å². The molecule has 0 atom stereocenters. The summed E-state index contributed by atoms with van der Waals surface area (Å²) < 4.78 is 7.93. The van der Waals surface area contributed by atoms with Gasteiger partial charge in [0.15, 0.2) is 0 Å². The van der Waals surface area contributed by atoms with Crippen LogP contribution in [0, 0.1) is 0 Å². The monoisotopic (exact) mass is 413 g/mol. The van der Waals surface area contributed by atoms with Gasteiger partial charge in [0.05, 0.1) is 18.4 Å². The molecule has 1 aliphatic heterocycles. The molecule has 2 aromatic carbocycles. The highest BCUT2D eigenvalue weighted by Gasteiger charge is 2.16. The zero-order chi connectivity index (χ0) is 21.0. The molecule has 0 radical (unpaired) electrons. The Bertz CT molecular complexity index is 1190. The highest BCUT2D eigenvalue weighted by atomic mass is 16.5. The number of carbonyl (C=O) groups excluding carboxylic acids is 1. The third-order valence-corrected chi connectivity index (χ3v) is 5.39. The fourth-order valence-corrected chi connectivity index (χ4v) is 3.80. The molecule has 1 aliphatic rings. The van der Waals surface area contributed by atoms with Gasteiger partial charge in [0.25, 0.3) is 5.88 Å². The van der Waals surface area contributed by atoms with E-state index in [0.717, 1.165) is 29.9 Å². The lowest BCUT2D eigenvalue weighted by Crippen LogP contribution is -2.47. The van der Waals surface area contributed by atoms with E-state index >= 15 is 0 Å². The SMILES string of the molecule is O=C1CN(Cc2ccc(-c3cnc4c(OCc5ccccc5)nccn34)cc2)CCN1. The second kappa shape index (κ2) is 8.57. The van der Waals surface area contributed by atoms with Gasteiger partial charge in [-0.05, 0) is 11.1 Å². The first kappa shape index (κ1) is 19.3. The molecule has 156 valence electrons. The first-order chi connectivity index (χ1) is 15.3. The van der Waals surface area contributed by atoms with Gasteiger partial charge in [-0.2, -0.15) is 0 Å². The van der Waals surface area contributed by atoms with Crippen LogP contribution in [0.5, 0.6) is 5.88 Å². The van der Waals surface area contributed by atoms with Crippen molar-refractivity contribution < 1.29 is 9.53 Å². The number of ether oxygens (including phenoxy) is 1. The molecule has 1 N–H and O–H groups in total. The van der Waals surface area contributed by atoms with Crippen LogP contribution in [0.4, 0.5) is 0 Å². The van der Waals surface area contributed by atoms with Gasteiger partial charge in [0.1, 0.15) is 6.61 Å². The van der Waals surface area contributed by atoms with Gasteiger partial charge in [-0.3, -0.25) is 14.1 Å². The number of hydrogen-bond donors (Lipinski definition) is 1. The zero-order valence-electron chi connectivity index (χ0n) is 17.1. The van der Waals surface area contributed by atoms with Crippen LogP contribution in [-0.2, 0) is 17.9 Å². The highest BCUT2D eigenvalue weighted by Crippen LogP contribution is 2.25. The molecule has 1 fully saturated rings. The maximum Gasteiger partial charge on any atom is 0.258 e. The Kier molecular flexibility index (Phi) is 5.33. The number of hydrogen-bond acceptors (Lipinski definition) is 5. The number of piperazine rings is 1. The molecular formula is C24H23N5O2. The van der Waals surface area contributed by atoms with Crippen LogP contribution in [-0.4, -0.2) is 44.8 Å². The van der Waals surface area contributed by atoms with Crippen LogP contribution in [0.1, 0.15) is 11.1 Å². The number of rotatable bonds is 6. The minimum absolute atomic E-state index is 0.0903. The van der Waals surface area contributed by atoms with Crippen molar-refractivity contribution >= 4 is 11.6 Å². The van der Waals surface area contributed by atoms with Crippen molar-refractivity contribution in [2.45, 2.75) is 13.2 Å². The average Bonchev–Trinajstić information content (AvgIpc) is 3.24. The van der Waals surface area contributed by atoms with Crippen LogP contribution in [0.2, 0.25) is 0 Å². The number of nitrogens with zero attached hydrogens (tertiary/aromatic N) is 4. The summed E-state index contributed by atoms with van der Waals surface area (Å²) in [7, 11) is 0. The number of carbonyl (C=O) groups is 1.